The molecule has 2 heteroatoms. The zero-order valence-corrected chi connectivity index (χ0v) is 6.24. The molecule has 28 valence electrons. The van der Waals surface area contributed by atoms with Gasteiger partial charge in [-0.05, 0) is 0 Å². The topological polar surface area (TPSA) is 0 Å². The molecule has 0 heterocycles. The molecule has 0 unspecified atom stereocenters. The first kappa shape index (κ1) is 10.4. The van der Waals surface area contributed by atoms with Crippen LogP contribution in [0.5, 0.6) is 0 Å². The zero-order valence-electron chi connectivity index (χ0n) is 4.83. The summed E-state index contributed by atoms with van der Waals surface area (Å²) in [5, 5.41) is 0. The average molecular weight is 88.4 g/mol. The Hall–Kier alpha value is 1.36. The Labute approximate surface area is 60.0 Å². The fourth-order valence-electron chi connectivity index (χ4n) is 0. The van der Waals surface area contributed by atoms with E-state index in [2.05, 4.69) is 13.8 Å². The molecule has 0 aromatic rings. The van der Waals surface area contributed by atoms with E-state index in [0.717, 1.165) is 6.42 Å². The number of rotatable bonds is 1. The van der Waals surface area contributed by atoms with Gasteiger partial charge in [0.05, 0.1) is 0 Å². The van der Waals surface area contributed by atoms with E-state index in [1.807, 2.05) is 33.6 Å². The van der Waals surface area contributed by atoms with Gasteiger partial charge in [0.1, 0.15) is 0 Å². The van der Waals surface area contributed by atoms with Crippen LogP contribution < -0.4 is 0 Å². The first-order valence-electron chi connectivity index (χ1n) is 2.41. The third-order valence-corrected chi connectivity index (χ3v) is 0.354. The monoisotopic (exact) mass is 88.1 g/mol. The molecule has 0 spiro atoms. The standard InChI is InChI=1S/C4H9.Li.Mg/c1-3-4-2;;/h1,3-4H2,2H3;;/q-1;;+1. The number of hydrogen-bond donors (Lipinski definition) is 0. The van der Waals surface area contributed by atoms with Gasteiger partial charge in [0.2, 0.25) is 0 Å². The van der Waals surface area contributed by atoms with Crippen LogP contribution in [0.15, 0.2) is 0 Å². The van der Waals surface area contributed by atoms with Crippen molar-refractivity contribution in [3.63, 3.8) is 0 Å². The van der Waals surface area contributed by atoms with E-state index in [1.54, 1.807) is 0 Å². The van der Waals surface area contributed by atoms with Crippen LogP contribution in [-0.2, 0) is 0 Å². The summed E-state index contributed by atoms with van der Waals surface area (Å²) in [6.07, 6.45) is 2.28. The molecule has 0 nitrogen and oxygen atoms in total. The quantitative estimate of drug-likeness (QED) is 0.329. The molecular formula is C4H9LiMg. The van der Waals surface area contributed by atoms with Crippen molar-refractivity contribution in [1.82, 2.24) is 0 Å². The zero-order chi connectivity index (χ0) is 5.41. The molecule has 0 radical (unpaired) electrons. The van der Waals surface area contributed by atoms with E-state index in [0.29, 0.717) is 0 Å². The maximum atomic E-state index is 3.60. The van der Waals surface area contributed by atoms with Gasteiger partial charge in [-0.25, -0.2) is 0 Å². The summed E-state index contributed by atoms with van der Waals surface area (Å²) in [7, 11) is 0. The second kappa shape index (κ2) is 16.2. The molecule has 0 aliphatic heterocycles. The first-order valence-corrected chi connectivity index (χ1v) is 3.83. The normalized spacial score (nSPS) is 6.33. The van der Waals surface area contributed by atoms with E-state index < -0.39 is 0 Å². The Morgan fingerprint density at radius 1 is 1.67 bits per heavy atom. The molecule has 0 aliphatic rings. The molecule has 6 heavy (non-hydrogen) atoms. The van der Waals surface area contributed by atoms with E-state index in [-0.39, 0.29) is 0 Å². The molecule has 0 aromatic carbocycles. The van der Waals surface area contributed by atoms with Gasteiger partial charge in [0.15, 0.2) is 0 Å². The summed E-state index contributed by atoms with van der Waals surface area (Å²) in [4.78, 5) is 0. The first-order chi connectivity index (χ1) is 2.91. The van der Waals surface area contributed by atoms with Gasteiger partial charge in [-0.15, -0.1) is 0 Å². The van der Waals surface area contributed by atoms with Crippen molar-refractivity contribution in [3.05, 3.63) is 6.92 Å². The molecule has 0 saturated heterocycles. The van der Waals surface area contributed by atoms with E-state index in [9.17, 15) is 0 Å². The summed E-state index contributed by atoms with van der Waals surface area (Å²) >= 11 is 3.89. The second-order valence-corrected chi connectivity index (χ2v) is 0.854. The summed E-state index contributed by atoms with van der Waals surface area (Å²) < 4.78 is 0. The van der Waals surface area contributed by atoms with Crippen LogP contribution in [0.4, 0.5) is 0 Å². The van der Waals surface area contributed by atoms with E-state index in [1.165, 1.54) is 6.42 Å². The molecule has 0 atom stereocenters. The third-order valence-electron chi connectivity index (χ3n) is 0.354. The Bertz CT molecular complexity index is 9.51. The predicted octanol–water partition coefficient (Wildman–Crippen LogP) is 0.859. The van der Waals surface area contributed by atoms with Crippen molar-refractivity contribution in [3.8, 4) is 0 Å². The van der Waals surface area contributed by atoms with Gasteiger partial charge < -0.3 is 6.92 Å². The predicted molar refractivity (Wildman–Crippen MR) is 31.8 cm³/mol. The van der Waals surface area contributed by atoms with Gasteiger partial charge in [0.25, 0.3) is 0 Å². The van der Waals surface area contributed by atoms with Crippen molar-refractivity contribution in [1.29, 1.82) is 0 Å². The molecular weight excluding hydrogens is 79.3 g/mol. The van der Waals surface area contributed by atoms with Crippen molar-refractivity contribution in [2.45, 2.75) is 19.8 Å². The Kier molecular flexibility index (Phi) is 28.0. The molecule has 0 N–H and O–H groups in total. The summed E-state index contributed by atoms with van der Waals surface area (Å²) in [6, 6.07) is 0. The van der Waals surface area contributed by atoms with Gasteiger partial charge in [-0.3, -0.25) is 0 Å². The molecule has 0 saturated carbocycles. The fourth-order valence-corrected chi connectivity index (χ4v) is 0. The number of unbranched alkanes of at least 4 members (excludes halogenated alkanes) is 1. The minimum atomic E-state index is 1.07. The van der Waals surface area contributed by atoms with Gasteiger partial charge in [-0.2, -0.15) is 6.42 Å². The van der Waals surface area contributed by atoms with Gasteiger partial charge in [0, 0.05) is 0 Å². The molecule has 0 amide bonds. The van der Waals surface area contributed by atoms with Crippen LogP contribution in [0.2, 0.25) is 0 Å². The van der Waals surface area contributed by atoms with Crippen LogP contribution in [0, 0.1) is 6.92 Å². The van der Waals surface area contributed by atoms with Crippen LogP contribution >= 0.6 is 0 Å². The van der Waals surface area contributed by atoms with E-state index >= 15 is 0 Å². The molecule has 0 rings (SSSR count). The number of hydrogen-bond acceptors (Lipinski definition) is 0. The summed E-state index contributed by atoms with van der Waals surface area (Å²) in [6.45, 7) is 5.72. The van der Waals surface area contributed by atoms with Crippen LogP contribution in [-0.4, -0.2) is 33.6 Å². The Balaban J connectivity index is 0. The van der Waals surface area contributed by atoms with Crippen molar-refractivity contribution in [2.24, 2.45) is 0 Å². The Morgan fingerprint density at radius 2 is 1.83 bits per heavy atom. The van der Waals surface area contributed by atoms with Crippen molar-refractivity contribution < 1.29 is 0 Å². The molecule has 0 aliphatic carbocycles. The molecule has 0 aromatic heterocycles. The van der Waals surface area contributed by atoms with Gasteiger partial charge in [-0.1, -0.05) is 13.3 Å². The summed E-state index contributed by atoms with van der Waals surface area (Å²) in [5.74, 6) is 0. The second-order valence-electron chi connectivity index (χ2n) is 0.854. The fraction of sp³-hybridized carbons (Fsp3) is 0.750. The van der Waals surface area contributed by atoms with Crippen LogP contribution in [0.25, 0.3) is 0 Å². The SMILES string of the molecule is [CH2-]CCC.[Li][Mg+]. The minimum absolute atomic E-state index is 1.07. The molecule has 0 bridgehead atoms. The average Bonchev–Trinajstić information content (AvgIpc) is 1.72. The van der Waals surface area contributed by atoms with Crippen molar-refractivity contribution >= 4 is 33.6 Å². The maximum absolute atomic E-state index is 3.60. The summed E-state index contributed by atoms with van der Waals surface area (Å²) in [5.41, 5.74) is 0. The third kappa shape index (κ3) is 18.3. The van der Waals surface area contributed by atoms with E-state index in [4.69, 9.17) is 0 Å². The van der Waals surface area contributed by atoms with Crippen LogP contribution in [0.3, 0.4) is 0 Å². The van der Waals surface area contributed by atoms with Gasteiger partial charge >= 0.3 is 33.6 Å². The van der Waals surface area contributed by atoms with Crippen molar-refractivity contribution in [2.75, 3.05) is 0 Å². The molecule has 0 fully saturated rings. The van der Waals surface area contributed by atoms with Crippen LogP contribution in [0.1, 0.15) is 19.8 Å². The Morgan fingerprint density at radius 3 is 1.83 bits per heavy atom.